The fourth-order valence-electron chi connectivity index (χ4n) is 1.87. The highest BCUT2D eigenvalue weighted by Crippen LogP contribution is 2.35. The summed E-state index contributed by atoms with van der Waals surface area (Å²) in [5.41, 5.74) is -2.37. The van der Waals surface area contributed by atoms with Gasteiger partial charge in [0, 0.05) is 5.41 Å². The first-order valence-electron chi connectivity index (χ1n) is 6.92. The average molecular weight is 342 g/mol. The van der Waals surface area contributed by atoms with Crippen molar-refractivity contribution < 1.29 is 18.0 Å². The molecule has 0 saturated carbocycles. The number of hydrogen-bond acceptors (Lipinski definition) is 3. The monoisotopic (exact) mass is 342 g/mol. The molecule has 0 radical (unpaired) electrons. The van der Waals surface area contributed by atoms with Crippen molar-refractivity contribution in [3.8, 4) is 6.07 Å². The van der Waals surface area contributed by atoms with Gasteiger partial charge in [0.15, 0.2) is 0 Å². The second-order valence-electron chi connectivity index (χ2n) is 5.98. The number of alkyl halides is 3. The number of anilines is 1. The number of nitriles is 1. The Morgan fingerprint density at radius 2 is 1.87 bits per heavy atom. The second kappa shape index (κ2) is 6.67. The molecule has 0 N–H and O–H groups in total. The van der Waals surface area contributed by atoms with E-state index in [9.17, 15) is 18.0 Å². The molecule has 1 amide bonds. The summed E-state index contributed by atoms with van der Waals surface area (Å²) >= 11 is 5.16. The Hall–Kier alpha value is -1.94. The van der Waals surface area contributed by atoms with Crippen molar-refractivity contribution >= 4 is 28.8 Å². The van der Waals surface area contributed by atoms with Gasteiger partial charge in [-0.05, 0) is 24.6 Å². The smallest absolute Gasteiger partial charge is 0.274 e. The molecular weight excluding hydrogens is 325 g/mol. The maximum absolute atomic E-state index is 13.1. The highest BCUT2D eigenvalue weighted by atomic mass is 32.1. The van der Waals surface area contributed by atoms with Crippen LogP contribution < -0.4 is 4.90 Å². The number of amides is 1. The van der Waals surface area contributed by atoms with E-state index in [1.165, 1.54) is 12.1 Å². The van der Waals surface area contributed by atoms with Crippen molar-refractivity contribution in [1.82, 2.24) is 0 Å². The van der Waals surface area contributed by atoms with Crippen molar-refractivity contribution in [2.45, 2.75) is 40.3 Å². The van der Waals surface area contributed by atoms with E-state index in [0.29, 0.717) is 6.42 Å². The summed E-state index contributed by atoms with van der Waals surface area (Å²) in [6.07, 6.45) is -4.36. The van der Waals surface area contributed by atoms with Crippen LogP contribution in [0, 0.1) is 16.7 Å². The number of nitrogens with zero attached hydrogens (tertiary/aromatic N) is 2. The third-order valence-corrected chi connectivity index (χ3v) is 3.55. The molecule has 1 rings (SSSR count). The number of thiocarbonyl (C=S) groups is 1. The Bertz CT molecular complexity index is 669. The molecule has 0 aliphatic heterocycles. The van der Waals surface area contributed by atoms with Crippen LogP contribution in [-0.2, 0) is 11.0 Å². The topological polar surface area (TPSA) is 44.1 Å². The Morgan fingerprint density at radius 3 is 2.26 bits per heavy atom. The number of hydrogen-bond donors (Lipinski definition) is 0. The van der Waals surface area contributed by atoms with E-state index in [1.54, 1.807) is 27.7 Å². The lowest BCUT2D eigenvalue weighted by atomic mass is 9.94. The lowest BCUT2D eigenvalue weighted by Gasteiger charge is -2.30. The van der Waals surface area contributed by atoms with E-state index >= 15 is 0 Å². The van der Waals surface area contributed by atoms with Gasteiger partial charge in [0.05, 0.1) is 27.9 Å². The molecule has 0 atom stereocenters. The van der Waals surface area contributed by atoms with Crippen LogP contribution in [0.25, 0.3) is 0 Å². The summed E-state index contributed by atoms with van der Waals surface area (Å²) in [6.45, 7) is 6.71. The van der Waals surface area contributed by atoms with E-state index < -0.39 is 28.6 Å². The number of benzene rings is 1. The SMILES string of the molecule is CCC(=S)N(C(=O)C(C)(C)C)c1ccc(C#N)c(C(F)(F)F)c1. The van der Waals surface area contributed by atoms with Gasteiger partial charge >= 0.3 is 6.18 Å². The van der Waals surface area contributed by atoms with Gasteiger partial charge in [0.2, 0.25) is 5.91 Å². The molecule has 0 saturated heterocycles. The fourth-order valence-corrected chi connectivity index (χ4v) is 2.06. The molecule has 23 heavy (non-hydrogen) atoms. The van der Waals surface area contributed by atoms with Crippen molar-refractivity contribution in [3.63, 3.8) is 0 Å². The number of rotatable bonds is 2. The summed E-state index contributed by atoms with van der Waals surface area (Å²) in [5, 5.41) is 8.85. The first kappa shape index (κ1) is 19.1. The zero-order valence-corrected chi connectivity index (χ0v) is 14.1. The Morgan fingerprint density at radius 1 is 1.30 bits per heavy atom. The third kappa shape index (κ3) is 4.29. The van der Waals surface area contributed by atoms with E-state index in [2.05, 4.69) is 0 Å². The number of halogens is 3. The van der Waals surface area contributed by atoms with E-state index in [4.69, 9.17) is 17.5 Å². The predicted molar refractivity (Wildman–Crippen MR) is 86.0 cm³/mol. The van der Waals surface area contributed by atoms with Crippen molar-refractivity contribution in [2.75, 3.05) is 4.90 Å². The molecular formula is C16H17F3N2OS. The average Bonchev–Trinajstić information content (AvgIpc) is 2.45. The van der Waals surface area contributed by atoms with Crippen LogP contribution in [0.4, 0.5) is 18.9 Å². The zero-order chi connectivity index (χ0) is 18.0. The van der Waals surface area contributed by atoms with Crippen LogP contribution in [0.2, 0.25) is 0 Å². The maximum atomic E-state index is 13.1. The first-order valence-corrected chi connectivity index (χ1v) is 7.33. The normalized spacial score (nSPS) is 11.7. The molecule has 0 spiro atoms. The molecule has 3 nitrogen and oxygen atoms in total. The molecule has 0 aromatic heterocycles. The van der Waals surface area contributed by atoms with Crippen LogP contribution in [0.3, 0.4) is 0 Å². The van der Waals surface area contributed by atoms with Crippen molar-refractivity contribution in [2.24, 2.45) is 5.41 Å². The fraction of sp³-hybridized carbons (Fsp3) is 0.438. The number of carbonyl (C=O) groups excluding carboxylic acids is 1. The molecule has 1 aromatic rings. The van der Waals surface area contributed by atoms with Crippen molar-refractivity contribution in [1.29, 1.82) is 5.26 Å². The van der Waals surface area contributed by atoms with Crippen LogP contribution in [0.1, 0.15) is 45.2 Å². The highest BCUT2D eigenvalue weighted by Gasteiger charge is 2.36. The first-order chi connectivity index (χ1) is 10.4. The summed E-state index contributed by atoms with van der Waals surface area (Å²) in [5.74, 6) is -0.401. The van der Waals surface area contributed by atoms with Gasteiger partial charge in [-0.25, -0.2) is 0 Å². The van der Waals surface area contributed by atoms with Gasteiger partial charge in [-0.2, -0.15) is 18.4 Å². The van der Waals surface area contributed by atoms with Crippen LogP contribution in [0.5, 0.6) is 0 Å². The summed E-state index contributed by atoms with van der Waals surface area (Å²) < 4.78 is 39.3. The second-order valence-corrected chi connectivity index (χ2v) is 6.45. The van der Waals surface area contributed by atoms with Gasteiger partial charge in [-0.15, -0.1) is 0 Å². The van der Waals surface area contributed by atoms with Crippen LogP contribution in [0.15, 0.2) is 18.2 Å². The Labute approximate surface area is 138 Å². The zero-order valence-electron chi connectivity index (χ0n) is 13.3. The lowest BCUT2D eigenvalue weighted by molar-refractivity contribution is -0.137. The van der Waals surface area contributed by atoms with Crippen LogP contribution in [-0.4, -0.2) is 10.9 Å². The van der Waals surface area contributed by atoms with Gasteiger partial charge in [-0.3, -0.25) is 9.69 Å². The molecule has 0 bridgehead atoms. The minimum Gasteiger partial charge on any atom is -0.274 e. The molecule has 0 aliphatic rings. The molecule has 0 heterocycles. The van der Waals surface area contributed by atoms with Gasteiger partial charge in [0.1, 0.15) is 0 Å². The van der Waals surface area contributed by atoms with E-state index in [1.807, 2.05) is 0 Å². The Balaban J connectivity index is 3.54. The standard InChI is InChI=1S/C16H17F3N2OS/c1-5-13(23)21(14(22)15(2,3)4)11-7-6-10(9-20)12(8-11)16(17,18)19/h6-8H,5H2,1-4H3. The quantitative estimate of drug-likeness (QED) is 0.732. The largest absolute Gasteiger partial charge is 0.417 e. The maximum Gasteiger partial charge on any atom is 0.417 e. The third-order valence-electron chi connectivity index (χ3n) is 3.08. The summed E-state index contributed by atoms with van der Waals surface area (Å²) in [7, 11) is 0. The summed E-state index contributed by atoms with van der Waals surface area (Å²) in [4.78, 5) is 13.9. The van der Waals surface area contributed by atoms with Gasteiger partial charge in [0.25, 0.3) is 0 Å². The molecule has 1 aromatic carbocycles. The van der Waals surface area contributed by atoms with Gasteiger partial charge in [-0.1, -0.05) is 39.9 Å². The highest BCUT2D eigenvalue weighted by molar-refractivity contribution is 7.80. The number of carbonyl (C=O) groups is 1. The molecule has 124 valence electrons. The molecule has 7 heteroatoms. The minimum atomic E-state index is -4.69. The predicted octanol–water partition coefficient (Wildman–Crippen LogP) is 4.69. The van der Waals surface area contributed by atoms with Crippen LogP contribution >= 0.6 is 12.2 Å². The van der Waals surface area contributed by atoms with E-state index in [-0.39, 0.29) is 10.7 Å². The lowest BCUT2D eigenvalue weighted by Crippen LogP contribution is -2.42. The minimum absolute atomic E-state index is 0.0168. The Kier molecular flexibility index (Phi) is 5.54. The summed E-state index contributed by atoms with van der Waals surface area (Å²) in [6, 6.07) is 4.67. The van der Waals surface area contributed by atoms with Crippen molar-refractivity contribution in [3.05, 3.63) is 29.3 Å². The van der Waals surface area contributed by atoms with Gasteiger partial charge < -0.3 is 0 Å². The molecule has 0 aliphatic carbocycles. The molecule has 0 fully saturated rings. The van der Waals surface area contributed by atoms with E-state index in [0.717, 1.165) is 17.0 Å². The molecule has 0 unspecified atom stereocenters.